The van der Waals surface area contributed by atoms with Crippen molar-refractivity contribution < 1.29 is 9.53 Å². The number of benzene rings is 1. The summed E-state index contributed by atoms with van der Waals surface area (Å²) < 4.78 is 6.48. The van der Waals surface area contributed by atoms with Crippen molar-refractivity contribution in [2.24, 2.45) is 0 Å². The third-order valence-corrected chi connectivity index (χ3v) is 3.03. The Labute approximate surface area is 121 Å². The monoisotopic (exact) mass is 282 g/mol. The summed E-state index contributed by atoms with van der Waals surface area (Å²) in [6.45, 7) is 3.78. The normalized spacial score (nSPS) is 10.8. The second kappa shape index (κ2) is 5.32. The topological polar surface area (TPSA) is 69.4 Å². The zero-order valence-corrected chi connectivity index (χ0v) is 11.8. The van der Waals surface area contributed by atoms with Crippen molar-refractivity contribution >= 4 is 11.7 Å². The Kier molecular flexibility index (Phi) is 3.35. The molecule has 3 aromatic rings. The van der Waals surface area contributed by atoms with E-state index >= 15 is 0 Å². The van der Waals surface area contributed by atoms with E-state index < -0.39 is 5.97 Å². The van der Waals surface area contributed by atoms with Crippen LogP contribution in [0.3, 0.4) is 0 Å². The number of aromatic nitrogens is 4. The fraction of sp³-hybridized carbons (Fsp3) is 0.200. The molecule has 1 aromatic carbocycles. The maximum absolute atomic E-state index is 11.8. The lowest BCUT2D eigenvalue weighted by Gasteiger charge is -2.03. The Hall–Kier alpha value is -2.76. The largest absolute Gasteiger partial charge is 0.461 e. The summed E-state index contributed by atoms with van der Waals surface area (Å²) in [4.78, 5) is 20.6. The second-order valence-electron chi connectivity index (χ2n) is 4.50. The van der Waals surface area contributed by atoms with E-state index in [1.165, 1.54) is 4.52 Å². The minimum absolute atomic E-state index is 0.210. The molecule has 106 valence electrons. The molecule has 0 radical (unpaired) electrons. The van der Waals surface area contributed by atoms with Gasteiger partial charge in [-0.1, -0.05) is 30.3 Å². The number of aryl methyl sites for hydroxylation is 1. The molecule has 21 heavy (non-hydrogen) atoms. The van der Waals surface area contributed by atoms with Crippen LogP contribution in [0.4, 0.5) is 0 Å². The molecule has 0 saturated heterocycles. The highest BCUT2D eigenvalue weighted by molar-refractivity contribution is 5.88. The SMILES string of the molecule is CCOC(=O)c1nn2cc(-c3ccccc3)nc2nc1C. The van der Waals surface area contributed by atoms with Crippen LogP contribution in [0.15, 0.2) is 36.5 Å². The first kappa shape index (κ1) is 13.2. The summed E-state index contributed by atoms with van der Waals surface area (Å²) >= 11 is 0. The van der Waals surface area contributed by atoms with Gasteiger partial charge in [-0.25, -0.2) is 19.3 Å². The molecule has 0 aliphatic heterocycles. The number of hydrogen-bond donors (Lipinski definition) is 0. The van der Waals surface area contributed by atoms with Crippen LogP contribution in [-0.4, -0.2) is 32.2 Å². The van der Waals surface area contributed by atoms with E-state index in [1.807, 2.05) is 30.3 Å². The van der Waals surface area contributed by atoms with Gasteiger partial charge in [0, 0.05) is 5.56 Å². The maximum Gasteiger partial charge on any atom is 0.360 e. The minimum atomic E-state index is -0.473. The van der Waals surface area contributed by atoms with Crippen LogP contribution in [0.25, 0.3) is 17.0 Å². The first-order valence-corrected chi connectivity index (χ1v) is 6.65. The van der Waals surface area contributed by atoms with Gasteiger partial charge in [0.1, 0.15) is 0 Å². The molecule has 0 unspecified atom stereocenters. The van der Waals surface area contributed by atoms with Crippen molar-refractivity contribution in [1.82, 2.24) is 19.6 Å². The van der Waals surface area contributed by atoms with Gasteiger partial charge < -0.3 is 4.74 Å². The van der Waals surface area contributed by atoms with Gasteiger partial charge >= 0.3 is 5.97 Å². The van der Waals surface area contributed by atoms with Crippen LogP contribution < -0.4 is 0 Å². The number of ether oxygens (including phenoxy) is 1. The van der Waals surface area contributed by atoms with Gasteiger partial charge in [0.15, 0.2) is 5.69 Å². The fourth-order valence-electron chi connectivity index (χ4n) is 2.03. The van der Waals surface area contributed by atoms with Gasteiger partial charge in [-0.05, 0) is 13.8 Å². The molecule has 0 saturated carbocycles. The number of carbonyl (C=O) groups excluding carboxylic acids is 1. The average Bonchev–Trinajstić information content (AvgIpc) is 2.90. The summed E-state index contributed by atoms with van der Waals surface area (Å²) in [5, 5.41) is 4.26. The molecule has 0 aliphatic carbocycles. The molecule has 0 bridgehead atoms. The van der Waals surface area contributed by atoms with E-state index in [1.54, 1.807) is 20.0 Å². The Morgan fingerprint density at radius 2 is 2.00 bits per heavy atom. The van der Waals surface area contributed by atoms with Gasteiger partial charge in [-0.3, -0.25) is 0 Å². The van der Waals surface area contributed by atoms with Crippen LogP contribution in [0.2, 0.25) is 0 Å². The fourth-order valence-corrected chi connectivity index (χ4v) is 2.03. The third kappa shape index (κ3) is 2.47. The van der Waals surface area contributed by atoms with E-state index in [4.69, 9.17) is 4.74 Å². The smallest absolute Gasteiger partial charge is 0.360 e. The summed E-state index contributed by atoms with van der Waals surface area (Å²) in [5.41, 5.74) is 2.45. The molecule has 0 fully saturated rings. The number of hydrogen-bond acceptors (Lipinski definition) is 5. The lowest BCUT2D eigenvalue weighted by atomic mass is 10.2. The Morgan fingerprint density at radius 3 is 2.71 bits per heavy atom. The van der Waals surface area contributed by atoms with Crippen molar-refractivity contribution in [3.05, 3.63) is 47.9 Å². The average molecular weight is 282 g/mol. The predicted molar refractivity (Wildman–Crippen MR) is 76.9 cm³/mol. The van der Waals surface area contributed by atoms with Crippen molar-refractivity contribution in [1.29, 1.82) is 0 Å². The molecular weight excluding hydrogens is 268 g/mol. The minimum Gasteiger partial charge on any atom is -0.461 e. The summed E-state index contributed by atoms with van der Waals surface area (Å²) in [6, 6.07) is 9.74. The molecule has 2 aromatic heterocycles. The van der Waals surface area contributed by atoms with Crippen molar-refractivity contribution in [3.8, 4) is 11.3 Å². The van der Waals surface area contributed by atoms with E-state index in [0.29, 0.717) is 18.1 Å². The van der Waals surface area contributed by atoms with Crippen LogP contribution in [0, 0.1) is 6.92 Å². The Balaban J connectivity index is 2.08. The predicted octanol–water partition coefficient (Wildman–Crippen LogP) is 2.28. The number of nitrogens with zero attached hydrogens (tertiary/aromatic N) is 4. The van der Waals surface area contributed by atoms with Crippen molar-refractivity contribution in [3.63, 3.8) is 0 Å². The zero-order valence-electron chi connectivity index (χ0n) is 11.8. The molecular formula is C15H14N4O2. The highest BCUT2D eigenvalue weighted by Crippen LogP contribution is 2.18. The lowest BCUT2D eigenvalue weighted by molar-refractivity contribution is 0.0516. The first-order chi connectivity index (χ1) is 10.2. The van der Waals surface area contributed by atoms with Crippen LogP contribution in [-0.2, 0) is 4.74 Å². The quantitative estimate of drug-likeness (QED) is 0.689. The van der Waals surface area contributed by atoms with Gasteiger partial charge in [0.05, 0.1) is 24.2 Å². The van der Waals surface area contributed by atoms with Crippen molar-refractivity contribution in [2.75, 3.05) is 6.61 Å². The lowest BCUT2D eigenvalue weighted by Crippen LogP contribution is -2.13. The van der Waals surface area contributed by atoms with E-state index in [0.717, 1.165) is 11.3 Å². The summed E-state index contributed by atoms with van der Waals surface area (Å²) in [7, 11) is 0. The van der Waals surface area contributed by atoms with Gasteiger partial charge in [0.25, 0.3) is 5.78 Å². The molecule has 0 N–H and O–H groups in total. The summed E-state index contributed by atoms with van der Waals surface area (Å²) in [6.07, 6.45) is 1.75. The van der Waals surface area contributed by atoms with Gasteiger partial charge in [0.2, 0.25) is 0 Å². The Morgan fingerprint density at radius 1 is 1.24 bits per heavy atom. The standard InChI is InChI=1S/C15H14N4O2/c1-3-21-14(20)13-10(2)16-15-17-12(9-19(15)18-13)11-7-5-4-6-8-11/h4-9H,3H2,1-2H3. The molecule has 6 heteroatoms. The first-order valence-electron chi connectivity index (χ1n) is 6.65. The second-order valence-corrected chi connectivity index (χ2v) is 4.50. The molecule has 0 atom stereocenters. The van der Waals surface area contributed by atoms with E-state index in [2.05, 4.69) is 15.1 Å². The molecule has 3 rings (SSSR count). The highest BCUT2D eigenvalue weighted by atomic mass is 16.5. The van der Waals surface area contributed by atoms with Crippen LogP contribution >= 0.6 is 0 Å². The highest BCUT2D eigenvalue weighted by Gasteiger charge is 2.16. The molecule has 6 nitrogen and oxygen atoms in total. The number of esters is 1. The molecule has 0 amide bonds. The molecule has 0 aliphatic rings. The van der Waals surface area contributed by atoms with E-state index in [-0.39, 0.29) is 5.69 Å². The number of rotatable bonds is 3. The number of imidazole rings is 1. The maximum atomic E-state index is 11.8. The molecule has 0 spiro atoms. The number of fused-ring (bicyclic) bond motifs is 1. The van der Waals surface area contributed by atoms with Crippen LogP contribution in [0.1, 0.15) is 23.1 Å². The third-order valence-electron chi connectivity index (χ3n) is 3.03. The number of carbonyl (C=O) groups is 1. The zero-order chi connectivity index (χ0) is 14.8. The van der Waals surface area contributed by atoms with Gasteiger partial charge in [-0.2, -0.15) is 5.10 Å². The summed E-state index contributed by atoms with van der Waals surface area (Å²) in [5.74, 6) is -0.0150. The van der Waals surface area contributed by atoms with Crippen molar-refractivity contribution in [2.45, 2.75) is 13.8 Å². The molecule has 2 heterocycles. The van der Waals surface area contributed by atoms with Gasteiger partial charge in [-0.15, -0.1) is 0 Å². The Bertz CT molecular complexity index is 796. The van der Waals surface area contributed by atoms with Crippen LogP contribution in [0.5, 0.6) is 0 Å². The van der Waals surface area contributed by atoms with E-state index in [9.17, 15) is 4.79 Å².